The van der Waals surface area contributed by atoms with Crippen LogP contribution >= 0.6 is 10.7 Å². The van der Waals surface area contributed by atoms with Crippen LogP contribution in [0, 0.1) is 0 Å². The predicted octanol–water partition coefficient (Wildman–Crippen LogP) is 1.97. The van der Waals surface area contributed by atoms with Crippen molar-refractivity contribution in [2.45, 2.75) is 11.4 Å². The first-order valence-corrected chi connectivity index (χ1v) is 7.36. The molecular weight excluding hydrogens is 278 g/mol. The van der Waals surface area contributed by atoms with Gasteiger partial charge in [-0.05, 0) is 24.3 Å². The summed E-state index contributed by atoms with van der Waals surface area (Å²) in [4.78, 5) is 12.0. The van der Waals surface area contributed by atoms with Crippen LogP contribution in [-0.2, 0) is 22.5 Å². The first kappa shape index (κ1) is 12.9. The van der Waals surface area contributed by atoms with Crippen molar-refractivity contribution in [2.75, 3.05) is 0 Å². The lowest BCUT2D eigenvalue weighted by Gasteiger charge is -2.03. The van der Waals surface area contributed by atoms with Crippen LogP contribution in [0.2, 0.25) is 0 Å². The van der Waals surface area contributed by atoms with Crippen LogP contribution in [0.3, 0.4) is 0 Å². The van der Waals surface area contributed by atoms with Gasteiger partial charge in [0.1, 0.15) is 5.76 Å². The standard InChI is InChI=1S/C11H10ClNO4S/c1-13-9(4-5-11(13)18(12,15)16)10(14)7-8-3-2-6-17-8/h2-6H,7H2,1H3. The molecule has 2 aromatic heterocycles. The molecular formula is C11H10ClNO4S. The van der Waals surface area contributed by atoms with Crippen LogP contribution in [0.1, 0.15) is 16.2 Å². The van der Waals surface area contributed by atoms with Gasteiger partial charge in [0.2, 0.25) is 0 Å². The lowest BCUT2D eigenvalue weighted by atomic mass is 10.2. The molecule has 0 saturated heterocycles. The van der Waals surface area contributed by atoms with E-state index in [-0.39, 0.29) is 22.9 Å². The number of hydrogen-bond acceptors (Lipinski definition) is 4. The van der Waals surface area contributed by atoms with Gasteiger partial charge in [-0.25, -0.2) is 8.42 Å². The van der Waals surface area contributed by atoms with E-state index in [1.165, 1.54) is 30.0 Å². The number of hydrogen-bond donors (Lipinski definition) is 0. The summed E-state index contributed by atoms with van der Waals surface area (Å²) in [7, 11) is 2.87. The Morgan fingerprint density at radius 1 is 1.39 bits per heavy atom. The predicted molar refractivity (Wildman–Crippen MR) is 65.2 cm³/mol. The molecule has 0 saturated carbocycles. The van der Waals surface area contributed by atoms with Crippen molar-refractivity contribution < 1.29 is 17.6 Å². The third-order valence-corrected chi connectivity index (χ3v) is 3.91. The summed E-state index contributed by atoms with van der Waals surface area (Å²) in [5.74, 6) is 0.287. The molecule has 0 fully saturated rings. The molecule has 0 aliphatic carbocycles. The van der Waals surface area contributed by atoms with Gasteiger partial charge in [0.05, 0.1) is 18.4 Å². The molecule has 7 heteroatoms. The zero-order valence-electron chi connectivity index (χ0n) is 9.46. The summed E-state index contributed by atoms with van der Waals surface area (Å²) in [6.07, 6.45) is 1.55. The van der Waals surface area contributed by atoms with Crippen molar-refractivity contribution in [3.8, 4) is 0 Å². The van der Waals surface area contributed by atoms with E-state index in [1.54, 1.807) is 12.1 Å². The lowest BCUT2D eigenvalue weighted by Crippen LogP contribution is -2.11. The zero-order chi connectivity index (χ0) is 13.3. The van der Waals surface area contributed by atoms with E-state index in [0.717, 1.165) is 0 Å². The fourth-order valence-electron chi connectivity index (χ4n) is 1.68. The molecule has 5 nitrogen and oxygen atoms in total. The first-order valence-electron chi connectivity index (χ1n) is 5.05. The van der Waals surface area contributed by atoms with Gasteiger partial charge in [-0.1, -0.05) is 0 Å². The van der Waals surface area contributed by atoms with E-state index >= 15 is 0 Å². The highest BCUT2D eigenvalue weighted by atomic mass is 35.7. The van der Waals surface area contributed by atoms with Gasteiger partial charge in [-0.2, -0.15) is 0 Å². The van der Waals surface area contributed by atoms with Crippen LogP contribution in [0.15, 0.2) is 40.0 Å². The number of aromatic nitrogens is 1. The van der Waals surface area contributed by atoms with E-state index in [1.807, 2.05) is 0 Å². The maximum Gasteiger partial charge on any atom is 0.276 e. The lowest BCUT2D eigenvalue weighted by molar-refractivity contribution is 0.0978. The summed E-state index contributed by atoms with van der Waals surface area (Å²) in [6.45, 7) is 0. The number of rotatable bonds is 4. The summed E-state index contributed by atoms with van der Waals surface area (Å²) < 4.78 is 28.8. The Hall–Kier alpha value is -1.53. The SMILES string of the molecule is Cn1c(C(=O)Cc2ccco2)ccc1S(=O)(=O)Cl. The van der Waals surface area contributed by atoms with Gasteiger partial charge in [0, 0.05) is 17.7 Å². The molecule has 18 heavy (non-hydrogen) atoms. The molecule has 0 aliphatic heterocycles. The molecule has 2 heterocycles. The van der Waals surface area contributed by atoms with Gasteiger partial charge < -0.3 is 8.98 Å². The topological polar surface area (TPSA) is 69.3 Å². The van der Waals surface area contributed by atoms with Crippen LogP contribution in [0.5, 0.6) is 0 Å². The monoisotopic (exact) mass is 287 g/mol. The second-order valence-corrected chi connectivity index (χ2v) is 6.25. The fourth-order valence-corrected chi connectivity index (χ4v) is 2.80. The molecule has 2 aromatic rings. The number of furan rings is 1. The van der Waals surface area contributed by atoms with Gasteiger partial charge >= 0.3 is 0 Å². The normalized spacial score (nSPS) is 11.7. The van der Waals surface area contributed by atoms with E-state index in [0.29, 0.717) is 5.76 Å². The summed E-state index contributed by atoms with van der Waals surface area (Å²) in [5, 5.41) is -0.105. The summed E-state index contributed by atoms with van der Waals surface area (Å²) in [5.41, 5.74) is 0.269. The number of halogens is 1. The average molecular weight is 288 g/mol. The third-order valence-electron chi connectivity index (χ3n) is 2.53. The summed E-state index contributed by atoms with van der Waals surface area (Å²) in [6, 6.07) is 6.10. The molecule has 0 unspecified atom stereocenters. The molecule has 0 spiro atoms. The molecule has 0 amide bonds. The minimum Gasteiger partial charge on any atom is -0.469 e. The Morgan fingerprint density at radius 2 is 2.11 bits per heavy atom. The van der Waals surface area contributed by atoms with E-state index in [9.17, 15) is 13.2 Å². The number of ketones is 1. The van der Waals surface area contributed by atoms with Crippen molar-refractivity contribution in [1.29, 1.82) is 0 Å². The van der Waals surface area contributed by atoms with Crippen LogP contribution in [0.4, 0.5) is 0 Å². The third kappa shape index (κ3) is 2.49. The Bertz CT molecular complexity index is 670. The minimum atomic E-state index is -3.85. The van der Waals surface area contributed by atoms with Crippen molar-refractivity contribution in [3.63, 3.8) is 0 Å². The largest absolute Gasteiger partial charge is 0.469 e. The Balaban J connectivity index is 2.30. The number of nitrogens with zero attached hydrogens (tertiary/aromatic N) is 1. The van der Waals surface area contributed by atoms with Gasteiger partial charge in [0.25, 0.3) is 9.05 Å². The maximum absolute atomic E-state index is 12.0. The van der Waals surface area contributed by atoms with Crippen LogP contribution in [0.25, 0.3) is 0 Å². The molecule has 0 bridgehead atoms. The second-order valence-electron chi connectivity index (χ2n) is 3.73. The van der Waals surface area contributed by atoms with Gasteiger partial charge in [0.15, 0.2) is 10.8 Å². The average Bonchev–Trinajstić information content (AvgIpc) is 2.85. The number of carbonyl (C=O) groups excluding carboxylic acids is 1. The van der Waals surface area contributed by atoms with Gasteiger partial charge in [-0.3, -0.25) is 4.79 Å². The highest BCUT2D eigenvalue weighted by molar-refractivity contribution is 8.13. The zero-order valence-corrected chi connectivity index (χ0v) is 11.0. The maximum atomic E-state index is 12.0. The van der Waals surface area contributed by atoms with Crippen LogP contribution in [-0.4, -0.2) is 18.8 Å². The van der Waals surface area contributed by atoms with Crippen molar-refractivity contribution in [3.05, 3.63) is 42.0 Å². The highest BCUT2D eigenvalue weighted by Crippen LogP contribution is 2.19. The fraction of sp³-hybridized carbons (Fsp3) is 0.182. The number of carbonyl (C=O) groups is 1. The summed E-state index contributed by atoms with van der Waals surface area (Å²) >= 11 is 0. The van der Waals surface area contributed by atoms with Crippen LogP contribution < -0.4 is 0 Å². The second kappa shape index (κ2) is 4.62. The molecule has 0 aliphatic rings. The van der Waals surface area contributed by atoms with Crippen molar-refractivity contribution in [1.82, 2.24) is 4.57 Å². The minimum absolute atomic E-state index is 0.0760. The van der Waals surface area contributed by atoms with Crippen molar-refractivity contribution >= 4 is 25.5 Å². The van der Waals surface area contributed by atoms with Gasteiger partial charge in [-0.15, -0.1) is 0 Å². The highest BCUT2D eigenvalue weighted by Gasteiger charge is 2.20. The Morgan fingerprint density at radius 3 is 2.61 bits per heavy atom. The number of Topliss-reactive ketones (excluding diaryl/α,β-unsaturated/α-hetero) is 1. The van der Waals surface area contributed by atoms with E-state index in [2.05, 4.69) is 0 Å². The molecule has 0 N–H and O–H groups in total. The first-order chi connectivity index (χ1) is 8.39. The Kier molecular flexibility index (Phi) is 3.32. The molecule has 0 radical (unpaired) electrons. The van der Waals surface area contributed by atoms with E-state index < -0.39 is 9.05 Å². The molecule has 2 rings (SSSR count). The molecule has 0 atom stereocenters. The van der Waals surface area contributed by atoms with E-state index in [4.69, 9.17) is 15.1 Å². The molecule has 0 aromatic carbocycles. The quantitative estimate of drug-likeness (QED) is 0.637. The van der Waals surface area contributed by atoms with Crippen molar-refractivity contribution in [2.24, 2.45) is 7.05 Å². The Labute approximate surface area is 108 Å². The molecule has 96 valence electrons. The smallest absolute Gasteiger partial charge is 0.276 e.